The number of halogens is 1. The van der Waals surface area contributed by atoms with Crippen molar-refractivity contribution in [2.24, 2.45) is 7.05 Å². The van der Waals surface area contributed by atoms with Gasteiger partial charge in [-0.05, 0) is 13.0 Å². The fourth-order valence-corrected chi connectivity index (χ4v) is 3.32. The number of aryl methyl sites for hydroxylation is 2. The van der Waals surface area contributed by atoms with Crippen LogP contribution in [0.4, 0.5) is 21.8 Å². The van der Waals surface area contributed by atoms with Gasteiger partial charge in [0.1, 0.15) is 6.17 Å². The molecule has 11 heteroatoms. The van der Waals surface area contributed by atoms with Gasteiger partial charge in [0.05, 0.1) is 30.8 Å². The highest BCUT2D eigenvalue weighted by atomic mass is 19.1. The summed E-state index contributed by atoms with van der Waals surface area (Å²) < 4.78 is 18.1. The molecular weight excluding hydrogens is 377 g/mol. The van der Waals surface area contributed by atoms with Crippen LogP contribution in [0.3, 0.4) is 0 Å². The SMILES string of the molecule is C=CC(=O)N[C@@H]1CN(c2nc(Nc3cnn(C)c3)c3ncn(CC)c3n2)C[C@H]1F. The van der Waals surface area contributed by atoms with Gasteiger partial charge in [-0.1, -0.05) is 6.58 Å². The number of carbonyl (C=O) groups excluding carboxylic acids is 1. The van der Waals surface area contributed by atoms with Crippen LogP contribution in [0.1, 0.15) is 6.92 Å². The van der Waals surface area contributed by atoms with Gasteiger partial charge in [-0.15, -0.1) is 0 Å². The maximum atomic E-state index is 14.5. The van der Waals surface area contributed by atoms with Crippen molar-refractivity contribution in [3.8, 4) is 0 Å². The van der Waals surface area contributed by atoms with Crippen LogP contribution < -0.4 is 15.5 Å². The average Bonchev–Trinajstić information content (AvgIpc) is 3.40. The van der Waals surface area contributed by atoms with Gasteiger partial charge in [-0.25, -0.2) is 9.37 Å². The van der Waals surface area contributed by atoms with Crippen molar-refractivity contribution in [3.05, 3.63) is 31.4 Å². The monoisotopic (exact) mass is 399 g/mol. The van der Waals surface area contributed by atoms with Crippen molar-refractivity contribution >= 4 is 34.5 Å². The van der Waals surface area contributed by atoms with E-state index in [0.717, 1.165) is 11.8 Å². The van der Waals surface area contributed by atoms with E-state index in [9.17, 15) is 9.18 Å². The van der Waals surface area contributed by atoms with E-state index in [2.05, 4.69) is 37.3 Å². The first-order valence-electron chi connectivity index (χ1n) is 9.29. The molecule has 0 aromatic carbocycles. The van der Waals surface area contributed by atoms with E-state index in [1.165, 1.54) is 0 Å². The van der Waals surface area contributed by atoms with Gasteiger partial charge in [0.25, 0.3) is 0 Å². The zero-order chi connectivity index (χ0) is 20.5. The van der Waals surface area contributed by atoms with Crippen molar-refractivity contribution in [3.63, 3.8) is 0 Å². The summed E-state index contributed by atoms with van der Waals surface area (Å²) in [7, 11) is 1.82. The summed E-state index contributed by atoms with van der Waals surface area (Å²) >= 11 is 0. The van der Waals surface area contributed by atoms with Crippen LogP contribution >= 0.6 is 0 Å². The van der Waals surface area contributed by atoms with Crippen molar-refractivity contribution < 1.29 is 9.18 Å². The maximum absolute atomic E-state index is 14.5. The molecule has 1 aliphatic heterocycles. The molecule has 1 aliphatic rings. The lowest BCUT2D eigenvalue weighted by molar-refractivity contribution is -0.117. The smallest absolute Gasteiger partial charge is 0.243 e. The van der Waals surface area contributed by atoms with Crippen molar-refractivity contribution in [2.75, 3.05) is 23.3 Å². The molecule has 0 bridgehead atoms. The molecule has 2 N–H and O–H groups in total. The number of rotatable bonds is 6. The Bertz CT molecular complexity index is 1060. The summed E-state index contributed by atoms with van der Waals surface area (Å²) in [6, 6.07) is -0.648. The van der Waals surface area contributed by atoms with E-state index in [-0.39, 0.29) is 13.1 Å². The minimum absolute atomic E-state index is 0.0835. The summed E-state index contributed by atoms with van der Waals surface area (Å²) in [5.74, 6) is 0.482. The highest BCUT2D eigenvalue weighted by molar-refractivity contribution is 5.87. The Kier molecular flexibility index (Phi) is 4.87. The second-order valence-corrected chi connectivity index (χ2v) is 6.84. The number of hydrogen-bond donors (Lipinski definition) is 2. The molecule has 0 spiro atoms. The third kappa shape index (κ3) is 3.62. The maximum Gasteiger partial charge on any atom is 0.243 e. The number of alkyl halides is 1. The number of fused-ring (bicyclic) bond motifs is 1. The zero-order valence-electron chi connectivity index (χ0n) is 16.2. The lowest BCUT2D eigenvalue weighted by atomic mass is 10.2. The molecule has 1 fully saturated rings. The van der Waals surface area contributed by atoms with E-state index >= 15 is 0 Å². The summed E-state index contributed by atoms with van der Waals surface area (Å²) in [5, 5.41) is 9.98. The Balaban J connectivity index is 1.69. The largest absolute Gasteiger partial charge is 0.345 e. The molecule has 3 aromatic rings. The van der Waals surface area contributed by atoms with Crippen LogP contribution in [0.5, 0.6) is 0 Å². The van der Waals surface area contributed by atoms with E-state index in [1.807, 2.05) is 24.7 Å². The second-order valence-electron chi connectivity index (χ2n) is 6.84. The van der Waals surface area contributed by atoms with Gasteiger partial charge in [0, 0.05) is 26.3 Å². The lowest BCUT2D eigenvalue weighted by Crippen LogP contribution is -2.40. The third-order valence-electron chi connectivity index (χ3n) is 4.80. The number of nitrogens with zero attached hydrogens (tertiary/aromatic N) is 7. The number of nitrogens with one attached hydrogen (secondary N) is 2. The normalized spacial score (nSPS) is 18.9. The number of amides is 1. The van der Waals surface area contributed by atoms with Crippen LogP contribution in [0.25, 0.3) is 11.2 Å². The zero-order valence-corrected chi connectivity index (χ0v) is 16.2. The number of carbonyl (C=O) groups is 1. The summed E-state index contributed by atoms with van der Waals surface area (Å²) in [5.41, 5.74) is 2.02. The predicted molar refractivity (Wildman–Crippen MR) is 107 cm³/mol. The molecular formula is C18H22FN9O. The Morgan fingerprint density at radius 3 is 2.93 bits per heavy atom. The molecule has 4 heterocycles. The second kappa shape index (κ2) is 7.49. The van der Waals surface area contributed by atoms with Gasteiger partial charge in [-0.2, -0.15) is 15.1 Å². The first-order valence-corrected chi connectivity index (χ1v) is 9.29. The van der Waals surface area contributed by atoms with Crippen molar-refractivity contribution in [1.82, 2.24) is 34.6 Å². The molecule has 0 radical (unpaired) electrons. The molecule has 152 valence electrons. The Morgan fingerprint density at radius 1 is 1.41 bits per heavy atom. The number of hydrogen-bond acceptors (Lipinski definition) is 7. The van der Waals surface area contributed by atoms with Gasteiger partial charge < -0.3 is 20.1 Å². The predicted octanol–water partition coefficient (Wildman–Crippen LogP) is 1.15. The topological polar surface area (TPSA) is 106 Å². The highest BCUT2D eigenvalue weighted by Crippen LogP contribution is 2.27. The highest BCUT2D eigenvalue weighted by Gasteiger charge is 2.35. The van der Waals surface area contributed by atoms with Gasteiger partial charge >= 0.3 is 0 Å². The number of anilines is 3. The number of aromatic nitrogens is 6. The minimum atomic E-state index is -1.23. The molecule has 10 nitrogen and oxygen atoms in total. The Labute approximate surface area is 166 Å². The van der Waals surface area contributed by atoms with Crippen molar-refractivity contribution in [1.29, 1.82) is 0 Å². The van der Waals surface area contributed by atoms with Crippen LogP contribution in [-0.4, -0.2) is 60.5 Å². The molecule has 0 unspecified atom stereocenters. The first kappa shape index (κ1) is 18.8. The van der Waals surface area contributed by atoms with E-state index in [0.29, 0.717) is 29.5 Å². The summed E-state index contributed by atoms with van der Waals surface area (Å²) in [6.45, 7) is 6.43. The van der Waals surface area contributed by atoms with E-state index in [1.54, 1.807) is 22.1 Å². The molecule has 1 saturated heterocycles. The quantitative estimate of drug-likeness (QED) is 0.599. The van der Waals surface area contributed by atoms with Crippen LogP contribution in [0, 0.1) is 0 Å². The summed E-state index contributed by atoms with van der Waals surface area (Å²) in [4.78, 5) is 26.9. The summed E-state index contributed by atoms with van der Waals surface area (Å²) in [6.07, 6.45) is 5.10. The van der Waals surface area contributed by atoms with Crippen LogP contribution in [0.15, 0.2) is 31.4 Å². The third-order valence-corrected chi connectivity index (χ3v) is 4.80. The molecule has 2 atom stereocenters. The molecule has 1 amide bonds. The van der Waals surface area contributed by atoms with Gasteiger partial charge in [0.15, 0.2) is 17.0 Å². The first-order chi connectivity index (χ1) is 14.0. The number of imidazole rings is 1. The molecule has 0 aliphatic carbocycles. The molecule has 4 rings (SSSR count). The standard InChI is InChI=1S/C18H22FN9O/c1-4-14(29)23-13-9-28(8-12(13)19)18-24-16(22-11-6-21-26(3)7-11)15-17(25-18)27(5-2)10-20-15/h4,6-7,10,12-13H,1,5,8-9H2,2-3H3,(H,23,29)(H,22,24,25)/t12-,13-/m1/s1. The Hall–Kier alpha value is -3.50. The average molecular weight is 399 g/mol. The lowest BCUT2D eigenvalue weighted by Gasteiger charge is -2.17. The molecule has 29 heavy (non-hydrogen) atoms. The van der Waals surface area contributed by atoms with E-state index in [4.69, 9.17) is 0 Å². The van der Waals surface area contributed by atoms with E-state index < -0.39 is 18.1 Å². The molecule has 0 saturated carbocycles. The fraction of sp³-hybridized carbons (Fsp3) is 0.389. The van der Waals surface area contributed by atoms with Gasteiger partial charge in [0.2, 0.25) is 11.9 Å². The fourth-order valence-electron chi connectivity index (χ4n) is 3.32. The van der Waals surface area contributed by atoms with Crippen LogP contribution in [0.2, 0.25) is 0 Å². The van der Waals surface area contributed by atoms with Crippen molar-refractivity contribution in [2.45, 2.75) is 25.7 Å². The Morgan fingerprint density at radius 2 is 2.24 bits per heavy atom. The minimum Gasteiger partial charge on any atom is -0.345 e. The molecule has 3 aromatic heterocycles. The van der Waals surface area contributed by atoms with Crippen LogP contribution in [-0.2, 0) is 18.4 Å². The van der Waals surface area contributed by atoms with Gasteiger partial charge in [-0.3, -0.25) is 9.48 Å².